The van der Waals surface area contributed by atoms with Crippen molar-refractivity contribution in [3.05, 3.63) is 28.2 Å². The fourth-order valence-corrected chi connectivity index (χ4v) is 2.20. The quantitative estimate of drug-likeness (QED) is 0.766. The van der Waals surface area contributed by atoms with Gasteiger partial charge in [-0.05, 0) is 31.0 Å². The Labute approximate surface area is 122 Å². The first-order valence-electron chi connectivity index (χ1n) is 6.50. The molecule has 0 amide bonds. The molecular weight excluding hydrogens is 310 g/mol. The maximum Gasteiger partial charge on any atom is 0.124 e. The van der Waals surface area contributed by atoms with E-state index in [1.54, 1.807) is 7.11 Å². The predicted octanol–water partition coefficient (Wildman–Crippen LogP) is 2.09. The van der Waals surface area contributed by atoms with Gasteiger partial charge in [-0.1, -0.05) is 15.9 Å². The lowest BCUT2D eigenvalue weighted by Crippen LogP contribution is -2.23. The second-order valence-electron chi connectivity index (χ2n) is 4.83. The van der Waals surface area contributed by atoms with Gasteiger partial charge in [-0.15, -0.1) is 0 Å². The van der Waals surface area contributed by atoms with Gasteiger partial charge in [-0.25, -0.2) is 0 Å². The molecule has 0 radical (unpaired) electrons. The molecule has 1 aliphatic carbocycles. The van der Waals surface area contributed by atoms with E-state index in [0.29, 0.717) is 6.04 Å². The van der Waals surface area contributed by atoms with Crippen LogP contribution >= 0.6 is 15.9 Å². The molecule has 1 atom stereocenters. The lowest BCUT2D eigenvalue weighted by Gasteiger charge is -2.15. The van der Waals surface area contributed by atoms with Crippen LogP contribution in [0.25, 0.3) is 0 Å². The molecule has 1 aromatic carbocycles. The molecule has 0 spiro atoms. The third-order valence-electron chi connectivity index (χ3n) is 2.97. The van der Waals surface area contributed by atoms with Gasteiger partial charge in [0.05, 0.1) is 6.61 Å². The normalized spacial score (nSPS) is 16.4. The summed E-state index contributed by atoms with van der Waals surface area (Å²) in [6, 6.07) is 6.57. The van der Waals surface area contributed by atoms with E-state index in [1.807, 2.05) is 18.2 Å². The summed E-state index contributed by atoms with van der Waals surface area (Å²) in [6.45, 7) is 1.32. The zero-order chi connectivity index (χ0) is 13.7. The highest BCUT2D eigenvalue weighted by atomic mass is 79.9. The smallest absolute Gasteiger partial charge is 0.124 e. The van der Waals surface area contributed by atoms with E-state index >= 15 is 0 Å². The average Bonchev–Trinajstić information content (AvgIpc) is 3.19. The molecular formula is C14H20BrNO3. The fourth-order valence-electron chi connectivity index (χ4n) is 1.80. The van der Waals surface area contributed by atoms with Crippen LogP contribution in [0.5, 0.6) is 5.75 Å². The van der Waals surface area contributed by atoms with Gasteiger partial charge >= 0.3 is 0 Å². The molecule has 1 aliphatic rings. The van der Waals surface area contributed by atoms with E-state index in [4.69, 9.17) is 9.47 Å². The molecule has 4 nitrogen and oxygen atoms in total. The Bertz CT molecular complexity index is 410. The first kappa shape index (κ1) is 14.8. The topological polar surface area (TPSA) is 50.7 Å². The van der Waals surface area contributed by atoms with Crippen molar-refractivity contribution in [1.82, 2.24) is 5.32 Å². The van der Waals surface area contributed by atoms with Crippen LogP contribution in [0.1, 0.15) is 18.4 Å². The van der Waals surface area contributed by atoms with Crippen LogP contribution in [0.3, 0.4) is 0 Å². The van der Waals surface area contributed by atoms with E-state index in [-0.39, 0.29) is 13.2 Å². The highest BCUT2D eigenvalue weighted by molar-refractivity contribution is 9.10. The number of benzene rings is 1. The molecule has 106 valence electrons. The highest BCUT2D eigenvalue weighted by Gasteiger charge is 2.20. The first-order valence-corrected chi connectivity index (χ1v) is 7.30. The number of methoxy groups -OCH3 is 1. The van der Waals surface area contributed by atoms with Crippen LogP contribution in [0.4, 0.5) is 0 Å². The molecule has 19 heavy (non-hydrogen) atoms. The monoisotopic (exact) mass is 329 g/mol. The summed E-state index contributed by atoms with van der Waals surface area (Å²) in [7, 11) is 1.56. The zero-order valence-electron chi connectivity index (χ0n) is 11.1. The Morgan fingerprint density at radius 2 is 2.21 bits per heavy atom. The van der Waals surface area contributed by atoms with Crippen molar-refractivity contribution in [1.29, 1.82) is 0 Å². The van der Waals surface area contributed by atoms with Gasteiger partial charge in [0.25, 0.3) is 0 Å². The van der Waals surface area contributed by atoms with E-state index in [2.05, 4.69) is 21.2 Å². The van der Waals surface area contributed by atoms with E-state index in [1.165, 1.54) is 12.8 Å². The lowest BCUT2D eigenvalue weighted by molar-refractivity contribution is 0.0323. The Hall–Kier alpha value is -0.620. The van der Waals surface area contributed by atoms with Crippen LogP contribution in [0.15, 0.2) is 22.7 Å². The molecule has 1 saturated carbocycles. The van der Waals surface area contributed by atoms with Gasteiger partial charge in [-0.2, -0.15) is 0 Å². The maximum atomic E-state index is 9.61. The van der Waals surface area contributed by atoms with Crippen LogP contribution < -0.4 is 10.1 Å². The largest absolute Gasteiger partial charge is 0.490 e. The summed E-state index contributed by atoms with van der Waals surface area (Å²) in [5.41, 5.74) is 1.10. The number of hydrogen-bond acceptors (Lipinski definition) is 4. The number of rotatable bonds is 8. The predicted molar refractivity (Wildman–Crippen MR) is 77.4 cm³/mol. The van der Waals surface area contributed by atoms with E-state index in [9.17, 15) is 5.11 Å². The Morgan fingerprint density at radius 3 is 2.89 bits per heavy atom. The first-order chi connectivity index (χ1) is 9.19. The Kier molecular flexibility index (Phi) is 5.63. The standard InChI is InChI=1S/C14H20BrNO3/c1-18-8-13(17)9-19-14-5-2-11(15)6-10(14)7-16-12-3-4-12/h2,5-6,12-13,16-17H,3-4,7-9H2,1H3. The summed E-state index contributed by atoms with van der Waals surface area (Å²) in [6.07, 6.45) is 1.92. The maximum absolute atomic E-state index is 9.61. The van der Waals surface area contributed by atoms with Crippen molar-refractivity contribution in [3.8, 4) is 5.75 Å². The molecule has 0 bridgehead atoms. The third-order valence-corrected chi connectivity index (χ3v) is 3.46. The number of aliphatic hydroxyl groups is 1. The summed E-state index contributed by atoms with van der Waals surface area (Å²) in [4.78, 5) is 0. The fraction of sp³-hybridized carbons (Fsp3) is 0.571. The van der Waals surface area contributed by atoms with Crippen LogP contribution in [-0.4, -0.2) is 37.6 Å². The van der Waals surface area contributed by atoms with E-state index < -0.39 is 6.10 Å². The number of aliphatic hydroxyl groups excluding tert-OH is 1. The summed E-state index contributed by atoms with van der Waals surface area (Å²) in [5, 5.41) is 13.1. The minimum absolute atomic E-state index is 0.242. The van der Waals surface area contributed by atoms with Crippen molar-refractivity contribution in [2.24, 2.45) is 0 Å². The van der Waals surface area contributed by atoms with E-state index in [0.717, 1.165) is 22.3 Å². The van der Waals surface area contributed by atoms with Gasteiger partial charge in [0.15, 0.2) is 0 Å². The zero-order valence-corrected chi connectivity index (χ0v) is 12.6. The molecule has 0 heterocycles. The molecule has 5 heteroatoms. The molecule has 1 fully saturated rings. The number of halogens is 1. The minimum Gasteiger partial charge on any atom is -0.490 e. The van der Waals surface area contributed by atoms with Crippen LogP contribution in [0.2, 0.25) is 0 Å². The molecule has 0 aromatic heterocycles. The van der Waals surface area contributed by atoms with Gasteiger partial charge in [0.1, 0.15) is 18.5 Å². The van der Waals surface area contributed by atoms with Gasteiger partial charge < -0.3 is 19.9 Å². The molecule has 0 saturated heterocycles. The van der Waals surface area contributed by atoms with Gasteiger partial charge in [0, 0.05) is 29.7 Å². The number of ether oxygens (including phenoxy) is 2. The third kappa shape index (κ3) is 5.10. The summed E-state index contributed by atoms with van der Waals surface area (Å²) in [5.74, 6) is 0.812. The van der Waals surface area contributed by atoms with Gasteiger partial charge in [0.2, 0.25) is 0 Å². The molecule has 1 unspecified atom stereocenters. The molecule has 2 rings (SSSR count). The Balaban J connectivity index is 1.92. The second kappa shape index (κ2) is 7.24. The number of nitrogens with one attached hydrogen (secondary N) is 1. The second-order valence-corrected chi connectivity index (χ2v) is 5.74. The molecule has 2 N–H and O–H groups in total. The summed E-state index contributed by atoms with van der Waals surface area (Å²) < 4.78 is 11.6. The lowest BCUT2D eigenvalue weighted by atomic mass is 10.2. The van der Waals surface area contributed by atoms with Crippen LogP contribution in [-0.2, 0) is 11.3 Å². The van der Waals surface area contributed by atoms with Crippen LogP contribution in [0, 0.1) is 0 Å². The van der Waals surface area contributed by atoms with Crippen molar-refractivity contribution in [2.75, 3.05) is 20.3 Å². The van der Waals surface area contributed by atoms with Crippen molar-refractivity contribution >= 4 is 15.9 Å². The Morgan fingerprint density at radius 1 is 1.42 bits per heavy atom. The molecule has 0 aliphatic heterocycles. The number of hydrogen-bond donors (Lipinski definition) is 2. The van der Waals surface area contributed by atoms with Crippen molar-refractivity contribution in [3.63, 3.8) is 0 Å². The summed E-state index contributed by atoms with van der Waals surface area (Å²) >= 11 is 3.47. The average molecular weight is 330 g/mol. The van der Waals surface area contributed by atoms with Crippen molar-refractivity contribution < 1.29 is 14.6 Å². The minimum atomic E-state index is -0.599. The SMILES string of the molecule is COCC(O)COc1ccc(Br)cc1CNC1CC1. The highest BCUT2D eigenvalue weighted by Crippen LogP contribution is 2.25. The van der Waals surface area contributed by atoms with Gasteiger partial charge in [-0.3, -0.25) is 0 Å². The molecule has 1 aromatic rings. The van der Waals surface area contributed by atoms with Crippen molar-refractivity contribution in [2.45, 2.75) is 31.5 Å².